The number of halogens is 1. The maximum atomic E-state index is 12.8. The Labute approximate surface area is 171 Å². The Morgan fingerprint density at radius 1 is 1.14 bits per heavy atom. The van der Waals surface area contributed by atoms with Gasteiger partial charge in [-0.25, -0.2) is 0 Å². The molecule has 0 aromatic heterocycles. The quantitative estimate of drug-likeness (QED) is 0.669. The van der Waals surface area contributed by atoms with Gasteiger partial charge < -0.3 is 14.8 Å². The van der Waals surface area contributed by atoms with Crippen LogP contribution >= 0.6 is 11.6 Å². The average molecular weight is 403 g/mol. The topological polar surface area (TPSA) is 59.6 Å². The van der Waals surface area contributed by atoms with Crippen LogP contribution in [-0.4, -0.2) is 26.2 Å². The van der Waals surface area contributed by atoms with E-state index in [2.05, 4.69) is 22.8 Å². The summed E-state index contributed by atoms with van der Waals surface area (Å²) in [5.41, 5.74) is 2.67. The first kappa shape index (κ1) is 20.5. The van der Waals surface area contributed by atoms with Crippen LogP contribution in [0.4, 0.5) is 5.69 Å². The number of methoxy groups -OCH3 is 2. The molecule has 1 saturated carbocycles. The van der Waals surface area contributed by atoms with Gasteiger partial charge in [0.2, 0.25) is 5.91 Å². The summed E-state index contributed by atoms with van der Waals surface area (Å²) >= 11 is 6.15. The molecule has 3 rings (SSSR count). The molecule has 0 saturated heterocycles. The van der Waals surface area contributed by atoms with Crippen molar-refractivity contribution in [1.82, 2.24) is 5.32 Å². The van der Waals surface area contributed by atoms with Gasteiger partial charge in [0.1, 0.15) is 11.5 Å². The Bertz CT molecular complexity index is 834. The van der Waals surface area contributed by atoms with Crippen LogP contribution in [0.25, 0.3) is 0 Å². The molecule has 1 fully saturated rings. The monoisotopic (exact) mass is 402 g/mol. The second kappa shape index (κ2) is 8.84. The van der Waals surface area contributed by atoms with Crippen LogP contribution in [0.5, 0.6) is 11.5 Å². The molecule has 5 nitrogen and oxygen atoms in total. The van der Waals surface area contributed by atoms with Crippen LogP contribution in [0.3, 0.4) is 0 Å². The molecule has 2 aromatic carbocycles. The summed E-state index contributed by atoms with van der Waals surface area (Å²) in [5, 5.41) is 7.06. The summed E-state index contributed by atoms with van der Waals surface area (Å²) in [4.78, 5) is 12.8. The smallest absolute Gasteiger partial charge is 0.241 e. The maximum Gasteiger partial charge on any atom is 0.241 e. The van der Waals surface area contributed by atoms with Gasteiger partial charge in [-0.15, -0.1) is 0 Å². The zero-order chi connectivity index (χ0) is 20.3. The number of benzene rings is 2. The number of ether oxygens (including phenoxy) is 2. The van der Waals surface area contributed by atoms with Gasteiger partial charge in [-0.3, -0.25) is 10.1 Å². The Balaban J connectivity index is 1.71. The van der Waals surface area contributed by atoms with Gasteiger partial charge >= 0.3 is 0 Å². The van der Waals surface area contributed by atoms with Crippen molar-refractivity contribution in [1.29, 1.82) is 0 Å². The van der Waals surface area contributed by atoms with Crippen molar-refractivity contribution >= 4 is 23.2 Å². The number of hydrogen-bond acceptors (Lipinski definition) is 4. The highest BCUT2D eigenvalue weighted by Gasteiger charge is 2.34. The highest BCUT2D eigenvalue weighted by Crippen LogP contribution is 2.41. The lowest BCUT2D eigenvalue weighted by Crippen LogP contribution is -2.41. The Morgan fingerprint density at radius 2 is 1.82 bits per heavy atom. The normalized spacial score (nSPS) is 15.6. The molecule has 150 valence electrons. The molecule has 2 unspecified atom stereocenters. The van der Waals surface area contributed by atoms with Crippen molar-refractivity contribution in [3.05, 3.63) is 52.5 Å². The van der Waals surface area contributed by atoms with Crippen LogP contribution in [-0.2, 0) is 4.79 Å². The molecule has 2 N–H and O–H groups in total. The number of carbonyl (C=O) groups is 1. The van der Waals surface area contributed by atoms with E-state index < -0.39 is 0 Å². The molecular formula is C22H27ClN2O3. The Kier molecular flexibility index (Phi) is 6.47. The van der Waals surface area contributed by atoms with Gasteiger partial charge in [-0.05, 0) is 61.9 Å². The van der Waals surface area contributed by atoms with Crippen molar-refractivity contribution in [2.24, 2.45) is 5.92 Å². The van der Waals surface area contributed by atoms with Gasteiger partial charge in [0, 0.05) is 17.1 Å². The summed E-state index contributed by atoms with van der Waals surface area (Å²) < 4.78 is 10.6. The fourth-order valence-corrected chi connectivity index (χ4v) is 3.41. The van der Waals surface area contributed by atoms with Gasteiger partial charge in [0.25, 0.3) is 0 Å². The molecule has 0 radical (unpaired) electrons. The molecule has 0 spiro atoms. The Morgan fingerprint density at radius 3 is 2.39 bits per heavy atom. The first-order chi connectivity index (χ1) is 13.4. The SMILES string of the molecule is COc1ccc(C(NC(C)C(=O)Nc2cc(C)c(Cl)cc2OC)C2CC2)cc1. The third-order valence-corrected chi connectivity index (χ3v) is 5.54. The fourth-order valence-electron chi connectivity index (χ4n) is 3.26. The highest BCUT2D eigenvalue weighted by atomic mass is 35.5. The van der Waals surface area contributed by atoms with Gasteiger partial charge in [-0.2, -0.15) is 0 Å². The molecule has 1 amide bonds. The van der Waals surface area contributed by atoms with Crippen molar-refractivity contribution in [3.8, 4) is 11.5 Å². The Hall–Kier alpha value is -2.24. The zero-order valence-electron chi connectivity index (χ0n) is 16.7. The van der Waals surface area contributed by atoms with E-state index >= 15 is 0 Å². The van der Waals surface area contributed by atoms with Crippen LogP contribution in [0.15, 0.2) is 36.4 Å². The summed E-state index contributed by atoms with van der Waals surface area (Å²) in [6, 6.07) is 11.4. The van der Waals surface area contributed by atoms with Crippen molar-refractivity contribution in [3.63, 3.8) is 0 Å². The molecule has 0 bridgehead atoms. The minimum atomic E-state index is -0.367. The molecule has 28 heavy (non-hydrogen) atoms. The number of carbonyl (C=O) groups excluding carboxylic acids is 1. The highest BCUT2D eigenvalue weighted by molar-refractivity contribution is 6.31. The molecule has 1 aliphatic rings. The molecule has 0 heterocycles. The minimum Gasteiger partial charge on any atom is -0.497 e. The predicted molar refractivity (Wildman–Crippen MR) is 112 cm³/mol. The van der Waals surface area contributed by atoms with Gasteiger partial charge in [0.15, 0.2) is 0 Å². The van der Waals surface area contributed by atoms with E-state index in [1.54, 1.807) is 20.3 Å². The maximum absolute atomic E-state index is 12.8. The lowest BCUT2D eigenvalue weighted by atomic mass is 10.0. The number of anilines is 1. The summed E-state index contributed by atoms with van der Waals surface area (Å²) in [5.74, 6) is 1.81. The van der Waals surface area contributed by atoms with E-state index in [9.17, 15) is 4.79 Å². The second-order valence-corrected chi connectivity index (χ2v) is 7.67. The van der Waals surface area contributed by atoms with Crippen LogP contribution in [0, 0.1) is 12.8 Å². The molecule has 2 atom stereocenters. The minimum absolute atomic E-state index is 0.112. The number of nitrogens with one attached hydrogen (secondary N) is 2. The zero-order valence-corrected chi connectivity index (χ0v) is 17.5. The van der Waals surface area contributed by atoms with Crippen molar-refractivity contribution in [2.75, 3.05) is 19.5 Å². The van der Waals surface area contributed by atoms with Gasteiger partial charge in [-0.1, -0.05) is 23.7 Å². The molecule has 2 aromatic rings. The number of rotatable bonds is 8. The lowest BCUT2D eigenvalue weighted by molar-refractivity contribution is -0.118. The van der Waals surface area contributed by atoms with Crippen LogP contribution in [0.1, 0.15) is 36.9 Å². The largest absolute Gasteiger partial charge is 0.497 e. The number of aryl methyl sites for hydroxylation is 1. The van der Waals surface area contributed by atoms with E-state index in [0.717, 1.165) is 11.3 Å². The first-order valence-electron chi connectivity index (χ1n) is 9.48. The third kappa shape index (κ3) is 4.78. The molecule has 1 aliphatic carbocycles. The van der Waals surface area contributed by atoms with Crippen LogP contribution < -0.4 is 20.1 Å². The second-order valence-electron chi connectivity index (χ2n) is 7.27. The van der Waals surface area contributed by atoms with Gasteiger partial charge in [0.05, 0.1) is 25.9 Å². The first-order valence-corrected chi connectivity index (χ1v) is 9.85. The predicted octanol–water partition coefficient (Wildman–Crippen LogP) is 4.73. The van der Waals surface area contributed by atoms with E-state index in [1.165, 1.54) is 18.4 Å². The fraction of sp³-hybridized carbons (Fsp3) is 0.409. The standard InChI is InChI=1S/C22H27ClN2O3/c1-13-11-19(20(28-4)12-18(13)23)25-22(26)14(2)24-21(15-5-6-15)16-7-9-17(27-3)10-8-16/h7-12,14-15,21,24H,5-6H2,1-4H3,(H,25,26). The molecule has 0 aliphatic heterocycles. The lowest BCUT2D eigenvalue weighted by Gasteiger charge is -2.24. The average Bonchev–Trinajstić information content (AvgIpc) is 3.53. The van der Waals surface area contributed by atoms with E-state index in [0.29, 0.717) is 22.4 Å². The van der Waals surface area contributed by atoms with Crippen molar-refractivity contribution < 1.29 is 14.3 Å². The van der Waals surface area contributed by atoms with Crippen LogP contribution in [0.2, 0.25) is 5.02 Å². The summed E-state index contributed by atoms with van der Waals surface area (Å²) in [6.07, 6.45) is 2.34. The molecular weight excluding hydrogens is 376 g/mol. The summed E-state index contributed by atoms with van der Waals surface area (Å²) in [6.45, 7) is 3.77. The van der Waals surface area contributed by atoms with Crippen molar-refractivity contribution in [2.45, 2.75) is 38.8 Å². The van der Waals surface area contributed by atoms with E-state index in [-0.39, 0.29) is 18.0 Å². The summed E-state index contributed by atoms with van der Waals surface area (Å²) in [7, 11) is 3.22. The molecule has 6 heteroatoms. The third-order valence-electron chi connectivity index (χ3n) is 5.13. The van der Waals surface area contributed by atoms with E-state index in [1.807, 2.05) is 32.0 Å². The number of hydrogen-bond donors (Lipinski definition) is 2. The van der Waals surface area contributed by atoms with E-state index in [4.69, 9.17) is 21.1 Å². The number of amides is 1.